The molecule has 13 heavy (non-hydrogen) atoms. The lowest BCUT2D eigenvalue weighted by atomic mass is 10.4. The third-order valence-electron chi connectivity index (χ3n) is 1.50. The van der Waals surface area contributed by atoms with Crippen molar-refractivity contribution in [2.45, 2.75) is 13.2 Å². The fourth-order valence-electron chi connectivity index (χ4n) is 0.900. The molecular formula is C8H10N2O3. The smallest absolute Gasteiger partial charge is 0.330 e. The molecule has 0 saturated heterocycles. The van der Waals surface area contributed by atoms with Gasteiger partial charge in [-0.2, -0.15) is 0 Å². The Bertz CT molecular complexity index is 416. The molecule has 1 aromatic rings. The van der Waals surface area contributed by atoms with E-state index in [9.17, 15) is 14.7 Å². The number of rotatable bonds is 2. The summed E-state index contributed by atoms with van der Waals surface area (Å²) in [6.45, 7) is 1.72. The second-order valence-electron chi connectivity index (χ2n) is 2.46. The second kappa shape index (κ2) is 3.86. The van der Waals surface area contributed by atoms with Gasteiger partial charge >= 0.3 is 5.69 Å². The Balaban J connectivity index is 3.16. The summed E-state index contributed by atoms with van der Waals surface area (Å²) in [6.07, 6.45) is 3.25. The minimum Gasteiger partial charge on any atom is -0.369 e. The molecule has 1 heterocycles. The molecule has 0 saturated carbocycles. The van der Waals surface area contributed by atoms with Gasteiger partial charge in [0.05, 0.1) is 0 Å². The summed E-state index contributed by atoms with van der Waals surface area (Å²) in [5.74, 6) is 0. The third-order valence-corrected chi connectivity index (χ3v) is 1.50. The summed E-state index contributed by atoms with van der Waals surface area (Å²) in [4.78, 5) is 23.8. The first-order chi connectivity index (χ1) is 6.15. The summed E-state index contributed by atoms with van der Waals surface area (Å²) >= 11 is 0. The van der Waals surface area contributed by atoms with E-state index >= 15 is 0 Å². The van der Waals surface area contributed by atoms with E-state index < -0.39 is 17.5 Å². The van der Waals surface area contributed by atoms with Gasteiger partial charge in [-0.3, -0.25) is 14.3 Å². The number of hydrogen-bond donors (Lipinski definition) is 2. The third kappa shape index (κ3) is 2.16. The zero-order valence-electron chi connectivity index (χ0n) is 7.10. The van der Waals surface area contributed by atoms with Crippen molar-refractivity contribution in [1.29, 1.82) is 0 Å². The fraction of sp³-hybridized carbons (Fsp3) is 0.250. The predicted octanol–water partition coefficient (Wildman–Crippen LogP) is -0.396. The van der Waals surface area contributed by atoms with E-state index in [1.54, 1.807) is 13.0 Å². The minimum atomic E-state index is -1.03. The highest BCUT2D eigenvalue weighted by molar-refractivity contribution is 4.90. The van der Waals surface area contributed by atoms with Gasteiger partial charge in [-0.15, -0.1) is 0 Å². The monoisotopic (exact) mass is 182 g/mol. The second-order valence-corrected chi connectivity index (χ2v) is 2.46. The van der Waals surface area contributed by atoms with Gasteiger partial charge in [-0.25, -0.2) is 4.79 Å². The molecule has 2 N–H and O–H groups in total. The van der Waals surface area contributed by atoms with Crippen LogP contribution in [0.25, 0.3) is 0 Å². The van der Waals surface area contributed by atoms with Crippen molar-refractivity contribution < 1.29 is 5.11 Å². The van der Waals surface area contributed by atoms with Crippen LogP contribution in [0.2, 0.25) is 0 Å². The van der Waals surface area contributed by atoms with Crippen molar-refractivity contribution in [2.75, 3.05) is 0 Å². The predicted molar refractivity (Wildman–Crippen MR) is 47.4 cm³/mol. The number of nitrogens with zero attached hydrogens (tertiary/aromatic N) is 1. The molecular weight excluding hydrogens is 172 g/mol. The number of hydrogen-bond acceptors (Lipinski definition) is 3. The Morgan fingerprint density at radius 2 is 2.31 bits per heavy atom. The van der Waals surface area contributed by atoms with Crippen LogP contribution in [0.4, 0.5) is 0 Å². The van der Waals surface area contributed by atoms with E-state index in [1.807, 2.05) is 4.98 Å². The molecule has 1 rings (SSSR count). The van der Waals surface area contributed by atoms with Gasteiger partial charge in [-0.05, 0) is 13.0 Å². The molecule has 5 heteroatoms. The van der Waals surface area contributed by atoms with Crippen LogP contribution in [0, 0.1) is 0 Å². The number of allylic oxidation sites excluding steroid dienone is 1. The molecule has 0 amide bonds. The van der Waals surface area contributed by atoms with Crippen molar-refractivity contribution in [2.24, 2.45) is 0 Å². The zero-order valence-corrected chi connectivity index (χ0v) is 7.10. The summed E-state index contributed by atoms with van der Waals surface area (Å²) in [7, 11) is 0. The molecule has 0 radical (unpaired) electrons. The number of aromatic amines is 1. The molecule has 0 aliphatic heterocycles. The van der Waals surface area contributed by atoms with Gasteiger partial charge in [0, 0.05) is 12.3 Å². The topological polar surface area (TPSA) is 75.1 Å². The number of nitrogens with one attached hydrogen (secondary N) is 1. The quantitative estimate of drug-likeness (QED) is 0.611. The Morgan fingerprint density at radius 1 is 1.62 bits per heavy atom. The van der Waals surface area contributed by atoms with E-state index in [4.69, 9.17) is 0 Å². The average molecular weight is 182 g/mol. The van der Waals surface area contributed by atoms with Gasteiger partial charge < -0.3 is 5.11 Å². The minimum absolute atomic E-state index is 0.478. The van der Waals surface area contributed by atoms with Crippen LogP contribution in [-0.2, 0) is 0 Å². The van der Waals surface area contributed by atoms with Gasteiger partial charge in [0.25, 0.3) is 5.56 Å². The van der Waals surface area contributed by atoms with Crippen LogP contribution in [0.5, 0.6) is 0 Å². The number of aliphatic hydroxyl groups excluding tert-OH is 1. The Morgan fingerprint density at radius 3 is 2.85 bits per heavy atom. The number of aromatic nitrogens is 2. The summed E-state index contributed by atoms with van der Waals surface area (Å²) in [6, 6.07) is 1.17. The summed E-state index contributed by atoms with van der Waals surface area (Å²) < 4.78 is 1.02. The molecule has 0 spiro atoms. The SMILES string of the molecule is CC=CC(O)n1ccc(=O)[nH]c1=O. The largest absolute Gasteiger partial charge is 0.369 e. The van der Waals surface area contributed by atoms with E-state index in [2.05, 4.69) is 0 Å². The first-order valence-corrected chi connectivity index (χ1v) is 3.77. The van der Waals surface area contributed by atoms with Crippen LogP contribution < -0.4 is 11.2 Å². The highest BCUT2D eigenvalue weighted by Gasteiger charge is 2.02. The van der Waals surface area contributed by atoms with Gasteiger partial charge in [0.15, 0.2) is 6.23 Å². The molecule has 0 aliphatic rings. The van der Waals surface area contributed by atoms with Crippen LogP contribution >= 0.6 is 0 Å². The standard InChI is InChI=1S/C8H10N2O3/c1-2-3-7(12)10-5-4-6(11)9-8(10)13/h2-5,7,12H,1H3,(H,9,11,13). The number of H-pyrrole nitrogens is 1. The number of aliphatic hydroxyl groups is 1. The lowest BCUT2D eigenvalue weighted by molar-refractivity contribution is 0.148. The maximum absolute atomic E-state index is 11.1. The van der Waals surface area contributed by atoms with E-state index in [0.717, 1.165) is 4.57 Å². The lowest BCUT2D eigenvalue weighted by Gasteiger charge is -2.07. The van der Waals surface area contributed by atoms with E-state index in [1.165, 1.54) is 18.3 Å². The van der Waals surface area contributed by atoms with Crippen molar-refractivity contribution in [1.82, 2.24) is 9.55 Å². The van der Waals surface area contributed by atoms with Crippen LogP contribution in [0.15, 0.2) is 34.0 Å². The Kier molecular flexibility index (Phi) is 2.81. The van der Waals surface area contributed by atoms with Crippen LogP contribution in [-0.4, -0.2) is 14.7 Å². The van der Waals surface area contributed by atoms with Gasteiger partial charge in [0.2, 0.25) is 0 Å². The average Bonchev–Trinajstić information content (AvgIpc) is 2.04. The first-order valence-electron chi connectivity index (χ1n) is 3.77. The molecule has 0 bridgehead atoms. The van der Waals surface area contributed by atoms with E-state index in [0.29, 0.717) is 0 Å². The fourth-order valence-corrected chi connectivity index (χ4v) is 0.900. The highest BCUT2D eigenvalue weighted by atomic mass is 16.3. The van der Waals surface area contributed by atoms with Gasteiger partial charge in [-0.1, -0.05) is 6.08 Å². The van der Waals surface area contributed by atoms with Crippen molar-refractivity contribution in [3.05, 3.63) is 45.3 Å². The Hall–Kier alpha value is -1.62. The van der Waals surface area contributed by atoms with Crippen molar-refractivity contribution in [3.8, 4) is 0 Å². The highest BCUT2D eigenvalue weighted by Crippen LogP contribution is 1.97. The molecule has 5 nitrogen and oxygen atoms in total. The summed E-state index contributed by atoms with van der Waals surface area (Å²) in [5.41, 5.74) is -1.10. The molecule has 0 fully saturated rings. The van der Waals surface area contributed by atoms with Crippen molar-refractivity contribution in [3.63, 3.8) is 0 Å². The maximum Gasteiger partial charge on any atom is 0.330 e. The van der Waals surface area contributed by atoms with Crippen LogP contribution in [0.1, 0.15) is 13.2 Å². The van der Waals surface area contributed by atoms with Crippen molar-refractivity contribution >= 4 is 0 Å². The zero-order chi connectivity index (χ0) is 9.84. The molecule has 0 aliphatic carbocycles. The molecule has 1 aromatic heterocycles. The first kappa shape index (κ1) is 9.47. The molecule has 0 aromatic carbocycles. The molecule has 1 atom stereocenters. The summed E-state index contributed by atoms with van der Waals surface area (Å²) in [5, 5.41) is 9.35. The van der Waals surface area contributed by atoms with Crippen LogP contribution in [0.3, 0.4) is 0 Å². The van der Waals surface area contributed by atoms with E-state index in [-0.39, 0.29) is 0 Å². The maximum atomic E-state index is 11.1. The molecule has 70 valence electrons. The van der Waals surface area contributed by atoms with Gasteiger partial charge in [0.1, 0.15) is 0 Å². The Labute approximate surface area is 74.0 Å². The lowest BCUT2D eigenvalue weighted by Crippen LogP contribution is -2.30. The molecule has 1 unspecified atom stereocenters. The normalized spacial score (nSPS) is 13.4.